The lowest BCUT2D eigenvalue weighted by atomic mass is 10.3. The Kier molecular flexibility index (Phi) is 2.11. The molecule has 0 aliphatic heterocycles. The number of hydrogen-bond donors (Lipinski definition) is 2. The number of aromatic nitrogens is 3. The van der Waals surface area contributed by atoms with Crippen LogP contribution in [0.3, 0.4) is 0 Å². The second-order valence-corrected chi connectivity index (χ2v) is 3.72. The molecule has 0 radical (unpaired) electrons. The predicted octanol–water partition coefficient (Wildman–Crippen LogP) is 2.09. The molecule has 2 aromatic rings. The number of H-pyrrole nitrogens is 1. The minimum atomic E-state index is 0.376. The van der Waals surface area contributed by atoms with E-state index < -0.39 is 0 Å². The van der Waals surface area contributed by atoms with Gasteiger partial charge in [-0.25, -0.2) is 9.97 Å². The van der Waals surface area contributed by atoms with Crippen LogP contribution in [0.2, 0.25) is 0 Å². The van der Waals surface area contributed by atoms with Crippen molar-refractivity contribution in [3.8, 4) is 0 Å². The molecule has 0 bridgehead atoms. The van der Waals surface area contributed by atoms with Gasteiger partial charge in [0.05, 0.1) is 6.20 Å². The quantitative estimate of drug-likeness (QED) is 0.762. The van der Waals surface area contributed by atoms with Crippen molar-refractivity contribution in [2.45, 2.75) is 26.8 Å². The van der Waals surface area contributed by atoms with Crippen LogP contribution in [0.25, 0.3) is 11.2 Å². The number of aromatic amines is 1. The van der Waals surface area contributed by atoms with Gasteiger partial charge in [-0.3, -0.25) is 0 Å². The minimum absolute atomic E-state index is 0.376. The highest BCUT2D eigenvalue weighted by Crippen LogP contribution is 2.15. The third kappa shape index (κ3) is 1.55. The normalized spacial score (nSPS) is 11.1. The van der Waals surface area contributed by atoms with Crippen molar-refractivity contribution in [3.05, 3.63) is 18.0 Å². The van der Waals surface area contributed by atoms with E-state index in [4.69, 9.17) is 0 Å². The lowest BCUT2D eigenvalue weighted by Crippen LogP contribution is -2.11. The highest BCUT2D eigenvalue weighted by Gasteiger charge is 2.04. The third-order valence-corrected chi connectivity index (χ3v) is 2.01. The molecule has 0 amide bonds. The Morgan fingerprint density at radius 3 is 2.93 bits per heavy atom. The fourth-order valence-corrected chi connectivity index (χ4v) is 1.38. The molecule has 2 heterocycles. The first-order valence-corrected chi connectivity index (χ1v) is 4.74. The molecule has 2 rings (SSSR count). The van der Waals surface area contributed by atoms with E-state index in [0.29, 0.717) is 6.04 Å². The van der Waals surface area contributed by atoms with Crippen molar-refractivity contribution in [2.24, 2.45) is 0 Å². The first kappa shape index (κ1) is 8.99. The molecule has 0 spiro atoms. The summed E-state index contributed by atoms with van der Waals surface area (Å²) in [7, 11) is 0. The monoisotopic (exact) mass is 190 g/mol. The Balaban J connectivity index is 2.44. The summed E-state index contributed by atoms with van der Waals surface area (Å²) in [6, 6.07) is 0.376. The van der Waals surface area contributed by atoms with Crippen molar-refractivity contribution in [3.63, 3.8) is 0 Å². The van der Waals surface area contributed by atoms with E-state index in [0.717, 1.165) is 22.5 Å². The van der Waals surface area contributed by atoms with E-state index in [2.05, 4.69) is 34.1 Å². The summed E-state index contributed by atoms with van der Waals surface area (Å²) in [5.41, 5.74) is 2.91. The number of nitrogens with zero attached hydrogens (tertiary/aromatic N) is 2. The van der Waals surface area contributed by atoms with Gasteiger partial charge < -0.3 is 10.3 Å². The van der Waals surface area contributed by atoms with Crippen molar-refractivity contribution >= 4 is 17.0 Å². The Hall–Kier alpha value is -1.58. The van der Waals surface area contributed by atoms with Crippen LogP contribution in [0.15, 0.2) is 12.4 Å². The number of anilines is 1. The summed E-state index contributed by atoms with van der Waals surface area (Å²) >= 11 is 0. The molecule has 74 valence electrons. The van der Waals surface area contributed by atoms with Gasteiger partial charge in [-0.15, -0.1) is 0 Å². The Bertz CT molecular complexity index is 444. The molecule has 14 heavy (non-hydrogen) atoms. The van der Waals surface area contributed by atoms with Gasteiger partial charge in [-0.2, -0.15) is 0 Å². The molecular weight excluding hydrogens is 176 g/mol. The lowest BCUT2D eigenvalue weighted by molar-refractivity contribution is 0.889. The van der Waals surface area contributed by atoms with Crippen LogP contribution >= 0.6 is 0 Å². The lowest BCUT2D eigenvalue weighted by Gasteiger charge is -2.07. The summed E-state index contributed by atoms with van der Waals surface area (Å²) in [6.45, 7) is 6.18. The summed E-state index contributed by atoms with van der Waals surface area (Å²) in [5.74, 6) is 0.829. The van der Waals surface area contributed by atoms with Crippen LogP contribution in [0.5, 0.6) is 0 Å². The Morgan fingerprint density at radius 1 is 1.43 bits per heavy atom. The molecule has 0 aromatic carbocycles. The van der Waals surface area contributed by atoms with Crippen molar-refractivity contribution in [2.75, 3.05) is 5.32 Å². The van der Waals surface area contributed by atoms with Gasteiger partial charge in [-0.05, 0) is 26.3 Å². The number of hydrogen-bond acceptors (Lipinski definition) is 3. The molecule has 0 saturated heterocycles. The van der Waals surface area contributed by atoms with Crippen LogP contribution < -0.4 is 5.32 Å². The van der Waals surface area contributed by atoms with Gasteiger partial charge in [0.2, 0.25) is 0 Å². The van der Waals surface area contributed by atoms with Gasteiger partial charge in [0, 0.05) is 12.2 Å². The van der Waals surface area contributed by atoms with E-state index >= 15 is 0 Å². The molecule has 0 atom stereocenters. The zero-order valence-electron chi connectivity index (χ0n) is 8.63. The third-order valence-electron chi connectivity index (χ3n) is 2.01. The summed E-state index contributed by atoms with van der Waals surface area (Å²) in [5, 5.41) is 3.23. The molecule has 0 unspecified atom stereocenters. The number of nitrogens with one attached hydrogen (secondary N) is 2. The van der Waals surface area contributed by atoms with Gasteiger partial charge in [0.15, 0.2) is 5.65 Å². The van der Waals surface area contributed by atoms with Crippen molar-refractivity contribution < 1.29 is 0 Å². The molecule has 0 aliphatic rings. The van der Waals surface area contributed by atoms with Gasteiger partial charge in [-0.1, -0.05) is 0 Å². The smallest absolute Gasteiger partial charge is 0.156 e. The molecule has 4 heteroatoms. The second-order valence-electron chi connectivity index (χ2n) is 3.72. The molecule has 4 nitrogen and oxygen atoms in total. The van der Waals surface area contributed by atoms with Gasteiger partial charge in [0.1, 0.15) is 11.3 Å². The maximum atomic E-state index is 4.47. The maximum Gasteiger partial charge on any atom is 0.156 e. The summed E-state index contributed by atoms with van der Waals surface area (Å²) < 4.78 is 0. The fraction of sp³-hybridized carbons (Fsp3) is 0.400. The standard InChI is InChI=1S/C10H14N4/c1-6(2)13-8-5-12-10-9(14-8)7(3)4-11-10/h4-6H,1-3H3,(H,11,12)(H,13,14). The summed E-state index contributed by atoms with van der Waals surface area (Å²) in [6.07, 6.45) is 3.67. The number of aryl methyl sites for hydroxylation is 1. The molecule has 0 aliphatic carbocycles. The molecule has 0 fully saturated rings. The zero-order chi connectivity index (χ0) is 10.1. The van der Waals surface area contributed by atoms with E-state index in [1.807, 2.05) is 13.1 Å². The fourth-order valence-electron chi connectivity index (χ4n) is 1.38. The molecule has 2 aromatic heterocycles. The maximum absolute atomic E-state index is 4.47. The second kappa shape index (κ2) is 3.29. The number of fused-ring (bicyclic) bond motifs is 1. The average Bonchev–Trinajstić information content (AvgIpc) is 2.47. The summed E-state index contributed by atoms with van der Waals surface area (Å²) in [4.78, 5) is 11.8. The molecule has 2 N–H and O–H groups in total. The Labute approximate surface area is 82.8 Å². The van der Waals surface area contributed by atoms with Crippen LogP contribution in [-0.4, -0.2) is 21.0 Å². The van der Waals surface area contributed by atoms with E-state index in [1.165, 1.54) is 0 Å². The predicted molar refractivity (Wildman–Crippen MR) is 57.4 cm³/mol. The first-order valence-electron chi connectivity index (χ1n) is 4.74. The molecular formula is C10H14N4. The van der Waals surface area contributed by atoms with E-state index in [-0.39, 0.29) is 0 Å². The highest BCUT2D eigenvalue weighted by atomic mass is 15.0. The average molecular weight is 190 g/mol. The largest absolute Gasteiger partial charge is 0.367 e. The molecule has 0 saturated carbocycles. The van der Waals surface area contributed by atoms with Gasteiger partial charge >= 0.3 is 0 Å². The van der Waals surface area contributed by atoms with Crippen molar-refractivity contribution in [1.29, 1.82) is 0 Å². The number of rotatable bonds is 2. The minimum Gasteiger partial charge on any atom is -0.367 e. The Morgan fingerprint density at radius 2 is 2.21 bits per heavy atom. The van der Waals surface area contributed by atoms with Crippen molar-refractivity contribution in [1.82, 2.24) is 15.0 Å². The first-order chi connectivity index (χ1) is 6.66. The van der Waals surface area contributed by atoms with Crippen LogP contribution in [0.4, 0.5) is 5.82 Å². The zero-order valence-corrected chi connectivity index (χ0v) is 8.63. The van der Waals surface area contributed by atoms with E-state index in [9.17, 15) is 0 Å². The van der Waals surface area contributed by atoms with Crippen LogP contribution in [-0.2, 0) is 0 Å². The van der Waals surface area contributed by atoms with Gasteiger partial charge in [0.25, 0.3) is 0 Å². The van der Waals surface area contributed by atoms with Crippen LogP contribution in [0.1, 0.15) is 19.4 Å². The topological polar surface area (TPSA) is 53.6 Å². The SMILES string of the molecule is Cc1c[nH]c2ncc(NC(C)C)nc12. The van der Waals surface area contributed by atoms with Crippen LogP contribution in [0, 0.1) is 6.92 Å². The highest BCUT2D eigenvalue weighted by molar-refractivity contribution is 5.76. The van der Waals surface area contributed by atoms with E-state index in [1.54, 1.807) is 6.20 Å².